The Balaban J connectivity index is 1.22. The number of nitrogens with one attached hydrogen (secondary N) is 1. The Bertz CT molecular complexity index is 1440. The van der Waals surface area contributed by atoms with Crippen molar-refractivity contribution in [3.8, 4) is 11.1 Å². The minimum Gasteiger partial charge on any atom is -0.339 e. The summed E-state index contributed by atoms with van der Waals surface area (Å²) in [5.74, 6) is 0.0329. The number of hydrogen-bond acceptors (Lipinski definition) is 4. The predicted octanol–water partition coefficient (Wildman–Crippen LogP) is 5.72. The summed E-state index contributed by atoms with van der Waals surface area (Å²) >= 11 is 6.14. The molecule has 1 aliphatic rings. The van der Waals surface area contributed by atoms with Gasteiger partial charge in [-0.1, -0.05) is 41.9 Å². The minimum absolute atomic E-state index is 0.0275. The molecule has 5 rings (SSSR count). The van der Waals surface area contributed by atoms with Gasteiger partial charge in [-0.2, -0.15) is 5.10 Å². The molecule has 1 aliphatic heterocycles. The lowest BCUT2D eigenvalue weighted by molar-refractivity contribution is 0.0712. The number of carbonyl (C=O) groups is 2. The second-order valence-corrected chi connectivity index (χ2v) is 9.84. The molecule has 188 valence electrons. The molecule has 1 N–H and O–H groups in total. The van der Waals surface area contributed by atoms with Crippen LogP contribution in [0.2, 0.25) is 5.02 Å². The number of halogens is 1. The summed E-state index contributed by atoms with van der Waals surface area (Å²) in [6, 6.07) is 15.6. The van der Waals surface area contributed by atoms with Gasteiger partial charge in [0.15, 0.2) is 0 Å². The Morgan fingerprint density at radius 3 is 2.43 bits per heavy atom. The Morgan fingerprint density at radius 2 is 1.76 bits per heavy atom. The average molecular weight is 514 g/mol. The van der Waals surface area contributed by atoms with E-state index in [9.17, 15) is 9.59 Å². The Labute approximate surface area is 221 Å². The van der Waals surface area contributed by atoms with Gasteiger partial charge in [-0.3, -0.25) is 19.3 Å². The molecule has 0 spiro atoms. The smallest absolute Gasteiger partial charge is 0.258 e. The quantitative estimate of drug-likeness (QED) is 0.370. The predicted molar refractivity (Wildman–Crippen MR) is 145 cm³/mol. The molecule has 0 aliphatic carbocycles. The third kappa shape index (κ3) is 5.42. The van der Waals surface area contributed by atoms with Gasteiger partial charge in [-0.15, -0.1) is 0 Å². The van der Waals surface area contributed by atoms with E-state index in [2.05, 4.69) is 39.7 Å². The highest BCUT2D eigenvalue weighted by Crippen LogP contribution is 2.31. The zero-order valence-corrected chi connectivity index (χ0v) is 21.6. The van der Waals surface area contributed by atoms with Gasteiger partial charge in [0.25, 0.3) is 11.8 Å². The zero-order valence-electron chi connectivity index (χ0n) is 20.8. The van der Waals surface area contributed by atoms with E-state index in [4.69, 9.17) is 11.6 Å². The maximum atomic E-state index is 13.3. The second kappa shape index (κ2) is 10.6. The van der Waals surface area contributed by atoms with Crippen LogP contribution in [0.1, 0.15) is 50.6 Å². The first-order valence-corrected chi connectivity index (χ1v) is 12.7. The molecule has 2 aromatic heterocycles. The number of pyridine rings is 1. The zero-order chi connectivity index (χ0) is 25.9. The molecule has 2 amide bonds. The maximum Gasteiger partial charge on any atom is 0.258 e. The lowest BCUT2D eigenvalue weighted by atomic mass is 9.88. The SMILES string of the molecule is Cc1ccc(C(=O)N2CCC(c3ccc(-c4cnn(C)c4)cc3)CC2)cc1NC(=O)c1cnccc1Cl. The van der Waals surface area contributed by atoms with E-state index in [1.165, 1.54) is 18.0 Å². The molecular weight excluding hydrogens is 486 g/mol. The molecule has 0 unspecified atom stereocenters. The van der Waals surface area contributed by atoms with Crippen LogP contribution in [0.15, 0.2) is 73.3 Å². The van der Waals surface area contributed by atoms with E-state index in [0.717, 1.165) is 29.5 Å². The minimum atomic E-state index is -0.360. The van der Waals surface area contributed by atoms with E-state index in [-0.39, 0.29) is 17.4 Å². The van der Waals surface area contributed by atoms with Crippen LogP contribution in [0.5, 0.6) is 0 Å². The van der Waals surface area contributed by atoms with Gasteiger partial charge in [0, 0.05) is 55.5 Å². The molecule has 2 aromatic carbocycles. The van der Waals surface area contributed by atoms with E-state index >= 15 is 0 Å². The number of piperidine rings is 1. The van der Waals surface area contributed by atoms with Crippen LogP contribution in [0.25, 0.3) is 11.1 Å². The maximum absolute atomic E-state index is 13.3. The lowest BCUT2D eigenvalue weighted by Crippen LogP contribution is -2.38. The fourth-order valence-electron chi connectivity index (χ4n) is 4.74. The van der Waals surface area contributed by atoms with Crippen LogP contribution in [0, 0.1) is 6.92 Å². The van der Waals surface area contributed by atoms with Gasteiger partial charge in [0.05, 0.1) is 16.8 Å². The molecule has 0 atom stereocenters. The van der Waals surface area contributed by atoms with Crippen molar-refractivity contribution in [3.63, 3.8) is 0 Å². The van der Waals surface area contributed by atoms with Gasteiger partial charge in [0.1, 0.15) is 0 Å². The third-order valence-electron chi connectivity index (χ3n) is 6.95. The molecule has 1 saturated heterocycles. The van der Waals surface area contributed by atoms with Crippen molar-refractivity contribution in [1.29, 1.82) is 0 Å². The molecule has 37 heavy (non-hydrogen) atoms. The summed E-state index contributed by atoms with van der Waals surface area (Å²) < 4.78 is 1.80. The third-order valence-corrected chi connectivity index (χ3v) is 7.28. The first-order chi connectivity index (χ1) is 17.9. The Morgan fingerprint density at radius 1 is 1.00 bits per heavy atom. The molecule has 8 heteroatoms. The van der Waals surface area contributed by atoms with Crippen molar-refractivity contribution in [2.45, 2.75) is 25.7 Å². The molecular formula is C29H28ClN5O2. The summed E-state index contributed by atoms with van der Waals surface area (Å²) in [5.41, 5.74) is 5.84. The number of aryl methyl sites for hydroxylation is 2. The van der Waals surface area contributed by atoms with Crippen LogP contribution in [-0.4, -0.2) is 44.6 Å². The highest BCUT2D eigenvalue weighted by atomic mass is 35.5. The van der Waals surface area contributed by atoms with Crippen LogP contribution in [0.4, 0.5) is 5.69 Å². The number of rotatable bonds is 5. The number of anilines is 1. The van der Waals surface area contributed by atoms with Gasteiger partial charge in [0.2, 0.25) is 0 Å². The summed E-state index contributed by atoms with van der Waals surface area (Å²) in [7, 11) is 1.92. The largest absolute Gasteiger partial charge is 0.339 e. The van der Waals surface area contributed by atoms with Gasteiger partial charge in [-0.05, 0) is 60.6 Å². The number of carbonyl (C=O) groups excluding carboxylic acids is 2. The molecule has 0 saturated carbocycles. The Hall–Kier alpha value is -3.97. The molecule has 7 nitrogen and oxygen atoms in total. The number of nitrogens with zero attached hydrogens (tertiary/aromatic N) is 4. The second-order valence-electron chi connectivity index (χ2n) is 9.43. The van der Waals surface area contributed by atoms with Crippen molar-refractivity contribution in [2.24, 2.45) is 7.05 Å². The van der Waals surface area contributed by atoms with Gasteiger partial charge in [-0.25, -0.2) is 0 Å². The number of likely N-dealkylation sites (tertiary alicyclic amines) is 1. The first-order valence-electron chi connectivity index (χ1n) is 12.3. The molecule has 3 heterocycles. The van der Waals surface area contributed by atoms with Crippen LogP contribution >= 0.6 is 11.6 Å². The van der Waals surface area contributed by atoms with Gasteiger partial charge < -0.3 is 10.2 Å². The van der Waals surface area contributed by atoms with Crippen molar-refractivity contribution in [3.05, 3.63) is 101 Å². The van der Waals surface area contributed by atoms with E-state index in [1.807, 2.05) is 43.4 Å². The number of amides is 2. The number of aromatic nitrogens is 3. The van der Waals surface area contributed by atoms with Crippen LogP contribution in [0.3, 0.4) is 0 Å². The fourth-order valence-corrected chi connectivity index (χ4v) is 4.93. The number of benzene rings is 2. The van der Waals surface area contributed by atoms with Crippen molar-refractivity contribution >= 4 is 29.1 Å². The molecule has 1 fully saturated rings. The number of hydrogen-bond donors (Lipinski definition) is 1. The summed E-state index contributed by atoms with van der Waals surface area (Å²) in [6.45, 7) is 3.27. The topological polar surface area (TPSA) is 80.1 Å². The fraction of sp³-hybridized carbons (Fsp3) is 0.241. The standard InChI is InChI=1S/C29H28ClN5O2/c1-19-3-4-23(15-27(19)33-28(36)25-17-31-12-9-26(25)30)29(37)35-13-10-22(11-14-35)20-5-7-21(8-6-20)24-16-32-34(2)18-24/h3-9,12,15-18,22H,10-11,13-14H2,1-2H3,(H,33,36). The Kier molecular flexibility index (Phi) is 7.06. The monoisotopic (exact) mass is 513 g/mol. The highest BCUT2D eigenvalue weighted by Gasteiger charge is 2.25. The summed E-state index contributed by atoms with van der Waals surface area (Å²) in [5, 5.41) is 7.45. The van der Waals surface area contributed by atoms with E-state index in [0.29, 0.717) is 35.3 Å². The first kappa shape index (κ1) is 24.7. The van der Waals surface area contributed by atoms with Crippen molar-refractivity contribution < 1.29 is 9.59 Å². The highest BCUT2D eigenvalue weighted by molar-refractivity contribution is 6.34. The molecule has 0 radical (unpaired) electrons. The summed E-state index contributed by atoms with van der Waals surface area (Å²) in [6.07, 6.45) is 8.66. The van der Waals surface area contributed by atoms with Crippen LogP contribution < -0.4 is 5.32 Å². The summed E-state index contributed by atoms with van der Waals surface area (Å²) in [4.78, 5) is 31.9. The van der Waals surface area contributed by atoms with Crippen LogP contribution in [-0.2, 0) is 7.05 Å². The normalized spacial score (nSPS) is 14.0. The average Bonchev–Trinajstić information content (AvgIpc) is 3.36. The van der Waals surface area contributed by atoms with Crippen molar-refractivity contribution in [1.82, 2.24) is 19.7 Å². The lowest BCUT2D eigenvalue weighted by Gasteiger charge is -2.32. The van der Waals surface area contributed by atoms with Gasteiger partial charge >= 0.3 is 0 Å². The molecule has 4 aromatic rings. The van der Waals surface area contributed by atoms with E-state index < -0.39 is 0 Å². The van der Waals surface area contributed by atoms with E-state index in [1.54, 1.807) is 16.8 Å². The van der Waals surface area contributed by atoms with Crippen molar-refractivity contribution in [2.75, 3.05) is 18.4 Å². The molecule has 0 bridgehead atoms.